The summed E-state index contributed by atoms with van der Waals surface area (Å²) in [6, 6.07) is 7.12. The summed E-state index contributed by atoms with van der Waals surface area (Å²) in [5.74, 6) is -0.511. The molecule has 3 N–H and O–H groups in total. The number of halogens is 1. The molecule has 92 valence electrons. The van der Waals surface area contributed by atoms with Crippen molar-refractivity contribution in [2.75, 3.05) is 12.8 Å². The molecule has 0 fully saturated rings. The Morgan fingerprint density at radius 3 is 2.67 bits per heavy atom. The molecule has 6 heteroatoms. The number of aromatic nitrogens is 2. The third-order valence-corrected chi connectivity index (χ3v) is 2.42. The number of anilines is 1. The summed E-state index contributed by atoms with van der Waals surface area (Å²) < 4.78 is 13.7. The van der Waals surface area contributed by atoms with E-state index in [0.717, 1.165) is 0 Å². The smallest absolute Gasteiger partial charge is 0.251 e. The van der Waals surface area contributed by atoms with Crippen molar-refractivity contribution in [1.29, 1.82) is 0 Å². The van der Waals surface area contributed by atoms with Gasteiger partial charge in [-0.3, -0.25) is 4.79 Å². The maximum absolute atomic E-state index is 13.7. The van der Waals surface area contributed by atoms with Gasteiger partial charge >= 0.3 is 0 Å². The van der Waals surface area contributed by atoms with E-state index in [2.05, 4.69) is 15.5 Å². The second-order valence-corrected chi connectivity index (χ2v) is 3.62. The SMILES string of the molecule is CNC(=O)c1ccc(F)c(-c2ccc(N)nn2)c1. The summed E-state index contributed by atoms with van der Waals surface area (Å²) >= 11 is 0. The van der Waals surface area contributed by atoms with Crippen LogP contribution < -0.4 is 11.1 Å². The van der Waals surface area contributed by atoms with Gasteiger partial charge in [0.05, 0.1) is 5.69 Å². The predicted octanol–water partition coefficient (Wildman–Crippen LogP) is 1.22. The highest BCUT2D eigenvalue weighted by Crippen LogP contribution is 2.22. The van der Waals surface area contributed by atoms with Crippen molar-refractivity contribution in [1.82, 2.24) is 15.5 Å². The normalized spacial score (nSPS) is 10.1. The maximum Gasteiger partial charge on any atom is 0.251 e. The lowest BCUT2D eigenvalue weighted by molar-refractivity contribution is 0.0963. The van der Waals surface area contributed by atoms with Crippen molar-refractivity contribution < 1.29 is 9.18 Å². The van der Waals surface area contributed by atoms with E-state index in [1.54, 1.807) is 6.07 Å². The Labute approximate surface area is 103 Å². The van der Waals surface area contributed by atoms with Crippen molar-refractivity contribution in [3.63, 3.8) is 0 Å². The van der Waals surface area contributed by atoms with Gasteiger partial charge in [0, 0.05) is 18.2 Å². The largest absolute Gasteiger partial charge is 0.382 e. The highest BCUT2D eigenvalue weighted by molar-refractivity contribution is 5.95. The van der Waals surface area contributed by atoms with Crippen LogP contribution in [0.5, 0.6) is 0 Å². The molecular weight excluding hydrogens is 235 g/mol. The number of carbonyl (C=O) groups is 1. The number of amides is 1. The molecule has 0 radical (unpaired) electrons. The van der Waals surface area contributed by atoms with Crippen LogP contribution in [0.15, 0.2) is 30.3 Å². The fraction of sp³-hybridized carbons (Fsp3) is 0.0833. The first-order chi connectivity index (χ1) is 8.61. The fourth-order valence-corrected chi connectivity index (χ4v) is 1.49. The number of hydrogen-bond acceptors (Lipinski definition) is 4. The van der Waals surface area contributed by atoms with Crippen LogP contribution >= 0.6 is 0 Å². The Balaban J connectivity index is 2.49. The van der Waals surface area contributed by atoms with Crippen LogP contribution in [0.4, 0.5) is 10.2 Å². The molecule has 0 bridgehead atoms. The van der Waals surface area contributed by atoms with Crippen LogP contribution in [0.2, 0.25) is 0 Å². The lowest BCUT2D eigenvalue weighted by atomic mass is 10.1. The van der Waals surface area contributed by atoms with Crippen molar-refractivity contribution in [3.05, 3.63) is 41.7 Å². The number of benzene rings is 1. The summed E-state index contributed by atoms with van der Waals surface area (Å²) in [5, 5.41) is 9.91. The minimum atomic E-state index is -0.471. The second-order valence-electron chi connectivity index (χ2n) is 3.62. The molecule has 0 saturated carbocycles. The van der Waals surface area contributed by atoms with Gasteiger partial charge in [-0.15, -0.1) is 10.2 Å². The molecule has 1 heterocycles. The molecule has 0 aliphatic carbocycles. The zero-order valence-corrected chi connectivity index (χ0v) is 9.64. The van der Waals surface area contributed by atoms with E-state index in [9.17, 15) is 9.18 Å². The van der Waals surface area contributed by atoms with Gasteiger partial charge in [-0.05, 0) is 30.3 Å². The maximum atomic E-state index is 13.7. The molecule has 2 rings (SSSR count). The first-order valence-electron chi connectivity index (χ1n) is 5.23. The second kappa shape index (κ2) is 4.79. The molecule has 5 nitrogen and oxygen atoms in total. The number of nitrogens with two attached hydrogens (primary N) is 1. The summed E-state index contributed by atoms with van der Waals surface area (Å²) in [7, 11) is 1.51. The van der Waals surface area contributed by atoms with Gasteiger partial charge in [-0.1, -0.05) is 0 Å². The van der Waals surface area contributed by atoms with E-state index >= 15 is 0 Å². The van der Waals surface area contributed by atoms with Gasteiger partial charge in [0.1, 0.15) is 11.6 Å². The number of rotatable bonds is 2. The quantitative estimate of drug-likeness (QED) is 0.835. The molecule has 1 amide bonds. The minimum absolute atomic E-state index is 0.212. The lowest BCUT2D eigenvalue weighted by Crippen LogP contribution is -2.17. The Hall–Kier alpha value is -2.50. The molecule has 0 spiro atoms. The third kappa shape index (κ3) is 2.27. The van der Waals surface area contributed by atoms with Crippen molar-refractivity contribution in [3.8, 4) is 11.3 Å². The van der Waals surface area contributed by atoms with E-state index in [1.807, 2.05) is 0 Å². The summed E-state index contributed by atoms with van der Waals surface area (Å²) in [5.41, 5.74) is 6.30. The Morgan fingerprint density at radius 2 is 2.06 bits per heavy atom. The average molecular weight is 246 g/mol. The van der Waals surface area contributed by atoms with Gasteiger partial charge in [0.2, 0.25) is 0 Å². The Morgan fingerprint density at radius 1 is 1.28 bits per heavy atom. The number of carbonyl (C=O) groups excluding carboxylic acids is 1. The highest BCUT2D eigenvalue weighted by atomic mass is 19.1. The fourth-order valence-electron chi connectivity index (χ4n) is 1.49. The molecule has 2 aromatic rings. The summed E-state index contributed by atoms with van der Waals surface area (Å²) in [6.07, 6.45) is 0. The zero-order chi connectivity index (χ0) is 13.1. The Bertz CT molecular complexity index is 583. The van der Waals surface area contributed by atoms with E-state index < -0.39 is 5.82 Å². The number of hydrogen-bond donors (Lipinski definition) is 2. The van der Waals surface area contributed by atoms with Crippen molar-refractivity contribution in [2.24, 2.45) is 0 Å². The van der Waals surface area contributed by atoms with E-state index in [4.69, 9.17) is 5.73 Å². The van der Waals surface area contributed by atoms with Crippen LogP contribution in [0, 0.1) is 5.82 Å². The van der Waals surface area contributed by atoms with E-state index in [1.165, 1.54) is 31.3 Å². The molecule has 1 aromatic carbocycles. The average Bonchev–Trinajstić information content (AvgIpc) is 2.39. The number of nitrogen functional groups attached to an aromatic ring is 1. The van der Waals surface area contributed by atoms with Gasteiger partial charge in [0.25, 0.3) is 5.91 Å². The minimum Gasteiger partial charge on any atom is -0.382 e. The molecule has 0 atom stereocenters. The Kier molecular flexibility index (Phi) is 3.18. The van der Waals surface area contributed by atoms with Crippen molar-refractivity contribution >= 4 is 11.7 Å². The zero-order valence-electron chi connectivity index (χ0n) is 9.64. The molecule has 0 saturated heterocycles. The number of nitrogens with zero attached hydrogens (tertiary/aromatic N) is 2. The van der Waals surface area contributed by atoms with Crippen LogP contribution in [0.25, 0.3) is 11.3 Å². The van der Waals surface area contributed by atoms with Crippen LogP contribution in [0.1, 0.15) is 10.4 Å². The van der Waals surface area contributed by atoms with Gasteiger partial charge in [0.15, 0.2) is 0 Å². The predicted molar refractivity (Wildman–Crippen MR) is 65.2 cm³/mol. The number of nitrogens with one attached hydrogen (secondary N) is 1. The van der Waals surface area contributed by atoms with Gasteiger partial charge < -0.3 is 11.1 Å². The molecule has 0 aliphatic heterocycles. The molecule has 0 unspecified atom stereocenters. The standard InChI is InChI=1S/C12H11FN4O/c1-15-12(18)7-2-3-9(13)8(6-7)10-4-5-11(14)17-16-10/h2-6H,1H3,(H2,14,17)(H,15,18). The molecule has 18 heavy (non-hydrogen) atoms. The summed E-state index contributed by atoms with van der Waals surface area (Å²) in [4.78, 5) is 11.5. The molecule has 1 aromatic heterocycles. The third-order valence-electron chi connectivity index (χ3n) is 2.42. The molecular formula is C12H11FN4O. The van der Waals surface area contributed by atoms with Crippen LogP contribution in [-0.4, -0.2) is 23.2 Å². The first-order valence-corrected chi connectivity index (χ1v) is 5.23. The van der Waals surface area contributed by atoms with Crippen LogP contribution in [0.3, 0.4) is 0 Å². The summed E-state index contributed by atoms with van der Waals surface area (Å²) in [6.45, 7) is 0. The lowest BCUT2D eigenvalue weighted by Gasteiger charge is -2.05. The topological polar surface area (TPSA) is 80.9 Å². The van der Waals surface area contributed by atoms with Crippen LogP contribution in [-0.2, 0) is 0 Å². The highest BCUT2D eigenvalue weighted by Gasteiger charge is 2.11. The van der Waals surface area contributed by atoms with E-state index in [0.29, 0.717) is 11.3 Å². The monoisotopic (exact) mass is 246 g/mol. The molecule has 0 aliphatic rings. The van der Waals surface area contributed by atoms with Gasteiger partial charge in [-0.2, -0.15) is 0 Å². The van der Waals surface area contributed by atoms with E-state index in [-0.39, 0.29) is 17.3 Å². The first kappa shape index (κ1) is 12.0. The van der Waals surface area contributed by atoms with Gasteiger partial charge in [-0.25, -0.2) is 4.39 Å². The van der Waals surface area contributed by atoms with Crippen molar-refractivity contribution in [2.45, 2.75) is 0 Å².